The number of amides is 1. The standard InChI is InChI=1S/C15H15N3OS/c1-2-11-5-3-4-6-13(11)17-14(19)9-12-10-18-7-8-20-15(18)16-12/h3-8,10H,2,9H2,1H3,(H,17,19). The van der Waals surface area contributed by atoms with Crippen LogP contribution in [0.4, 0.5) is 5.69 Å². The van der Waals surface area contributed by atoms with Crippen LogP contribution in [0.2, 0.25) is 0 Å². The van der Waals surface area contributed by atoms with Gasteiger partial charge in [0.2, 0.25) is 5.91 Å². The number of carbonyl (C=O) groups excluding carboxylic acids is 1. The maximum absolute atomic E-state index is 12.1. The fraction of sp³-hybridized carbons (Fsp3) is 0.200. The first kappa shape index (κ1) is 12.9. The Labute approximate surface area is 121 Å². The first-order valence-corrected chi connectivity index (χ1v) is 7.43. The number of aromatic nitrogens is 2. The van der Waals surface area contributed by atoms with E-state index in [0.717, 1.165) is 28.3 Å². The Morgan fingerprint density at radius 3 is 3.05 bits per heavy atom. The maximum atomic E-state index is 12.1. The van der Waals surface area contributed by atoms with E-state index >= 15 is 0 Å². The summed E-state index contributed by atoms with van der Waals surface area (Å²) in [4.78, 5) is 17.4. The largest absolute Gasteiger partial charge is 0.325 e. The van der Waals surface area contributed by atoms with Crippen molar-refractivity contribution in [1.82, 2.24) is 9.38 Å². The molecule has 0 aliphatic rings. The van der Waals surface area contributed by atoms with E-state index in [4.69, 9.17) is 0 Å². The molecule has 0 atom stereocenters. The summed E-state index contributed by atoms with van der Waals surface area (Å²) in [7, 11) is 0. The number of nitrogens with zero attached hydrogens (tertiary/aromatic N) is 2. The van der Waals surface area contributed by atoms with Crippen molar-refractivity contribution in [2.75, 3.05) is 5.32 Å². The second kappa shape index (κ2) is 5.46. The Hall–Kier alpha value is -2.14. The summed E-state index contributed by atoms with van der Waals surface area (Å²) >= 11 is 1.57. The smallest absolute Gasteiger partial charge is 0.230 e. The Morgan fingerprint density at radius 1 is 1.40 bits per heavy atom. The van der Waals surface area contributed by atoms with Crippen molar-refractivity contribution in [2.24, 2.45) is 0 Å². The van der Waals surface area contributed by atoms with E-state index < -0.39 is 0 Å². The molecule has 0 unspecified atom stereocenters. The minimum atomic E-state index is -0.0309. The lowest BCUT2D eigenvalue weighted by molar-refractivity contribution is -0.115. The van der Waals surface area contributed by atoms with E-state index in [9.17, 15) is 4.79 Å². The number of rotatable bonds is 4. The molecule has 1 N–H and O–H groups in total. The van der Waals surface area contributed by atoms with Crippen molar-refractivity contribution in [1.29, 1.82) is 0 Å². The SMILES string of the molecule is CCc1ccccc1NC(=O)Cc1cn2ccsc2n1. The van der Waals surface area contributed by atoms with Gasteiger partial charge in [0.15, 0.2) is 4.96 Å². The van der Waals surface area contributed by atoms with Gasteiger partial charge in [-0.3, -0.25) is 9.20 Å². The highest BCUT2D eigenvalue weighted by atomic mass is 32.1. The minimum absolute atomic E-state index is 0.0309. The Balaban J connectivity index is 1.72. The molecule has 2 aromatic heterocycles. The highest BCUT2D eigenvalue weighted by molar-refractivity contribution is 7.15. The average molecular weight is 285 g/mol. The quantitative estimate of drug-likeness (QED) is 0.800. The predicted octanol–water partition coefficient (Wildman–Crippen LogP) is 3.14. The van der Waals surface area contributed by atoms with Gasteiger partial charge in [0.25, 0.3) is 0 Å². The number of benzene rings is 1. The van der Waals surface area contributed by atoms with Crippen molar-refractivity contribution >= 4 is 27.9 Å². The molecule has 1 aromatic carbocycles. The summed E-state index contributed by atoms with van der Waals surface area (Å²) in [6, 6.07) is 7.88. The van der Waals surface area contributed by atoms with E-state index in [1.807, 2.05) is 46.4 Å². The molecule has 102 valence electrons. The van der Waals surface area contributed by atoms with E-state index in [1.54, 1.807) is 11.3 Å². The first-order chi connectivity index (χ1) is 9.76. The Bertz CT molecular complexity index is 716. The van der Waals surface area contributed by atoms with E-state index in [1.165, 1.54) is 0 Å². The molecule has 0 aliphatic heterocycles. The summed E-state index contributed by atoms with van der Waals surface area (Å²) in [5.74, 6) is -0.0309. The molecule has 0 fully saturated rings. The number of carbonyl (C=O) groups is 1. The summed E-state index contributed by atoms with van der Waals surface area (Å²) < 4.78 is 1.94. The maximum Gasteiger partial charge on any atom is 0.230 e. The molecule has 0 saturated carbocycles. The van der Waals surface area contributed by atoms with E-state index in [0.29, 0.717) is 6.42 Å². The molecule has 20 heavy (non-hydrogen) atoms. The van der Waals surface area contributed by atoms with Crippen LogP contribution in [-0.4, -0.2) is 15.3 Å². The van der Waals surface area contributed by atoms with Crippen LogP contribution in [0.15, 0.2) is 42.0 Å². The van der Waals surface area contributed by atoms with Crippen molar-refractivity contribution in [2.45, 2.75) is 19.8 Å². The summed E-state index contributed by atoms with van der Waals surface area (Å²) in [6.07, 6.45) is 5.04. The number of para-hydroxylation sites is 1. The van der Waals surface area contributed by atoms with E-state index in [2.05, 4.69) is 17.2 Å². The lowest BCUT2D eigenvalue weighted by Gasteiger charge is -2.08. The molecule has 0 aliphatic carbocycles. The van der Waals surface area contributed by atoms with Gasteiger partial charge in [-0.15, -0.1) is 11.3 Å². The zero-order valence-corrected chi connectivity index (χ0v) is 12.0. The van der Waals surface area contributed by atoms with Crippen molar-refractivity contribution in [3.05, 3.63) is 53.3 Å². The number of thiazole rings is 1. The molecule has 0 radical (unpaired) electrons. The number of aryl methyl sites for hydroxylation is 1. The monoisotopic (exact) mass is 285 g/mol. The molecule has 2 heterocycles. The van der Waals surface area contributed by atoms with Gasteiger partial charge in [-0.25, -0.2) is 4.98 Å². The normalized spacial score (nSPS) is 10.8. The molecule has 0 saturated heterocycles. The number of fused-ring (bicyclic) bond motifs is 1. The fourth-order valence-electron chi connectivity index (χ4n) is 2.17. The topological polar surface area (TPSA) is 46.4 Å². The van der Waals surface area contributed by atoms with Crippen LogP contribution in [0.3, 0.4) is 0 Å². The van der Waals surface area contributed by atoms with Crippen LogP contribution < -0.4 is 5.32 Å². The van der Waals surface area contributed by atoms with Crippen LogP contribution in [0, 0.1) is 0 Å². The molecular weight excluding hydrogens is 270 g/mol. The van der Waals surface area contributed by atoms with Crippen molar-refractivity contribution < 1.29 is 4.79 Å². The lowest BCUT2D eigenvalue weighted by atomic mass is 10.1. The van der Waals surface area contributed by atoms with Crippen LogP contribution in [0.1, 0.15) is 18.2 Å². The molecule has 0 bridgehead atoms. The van der Waals surface area contributed by atoms with Crippen LogP contribution in [0.25, 0.3) is 4.96 Å². The zero-order chi connectivity index (χ0) is 13.9. The highest BCUT2D eigenvalue weighted by Crippen LogP contribution is 2.16. The van der Waals surface area contributed by atoms with Crippen LogP contribution >= 0.6 is 11.3 Å². The summed E-state index contributed by atoms with van der Waals surface area (Å²) in [5, 5.41) is 4.94. The van der Waals surface area contributed by atoms with E-state index in [-0.39, 0.29) is 5.91 Å². The van der Waals surface area contributed by atoms with Gasteiger partial charge in [-0.05, 0) is 18.1 Å². The van der Waals surface area contributed by atoms with Gasteiger partial charge in [-0.2, -0.15) is 0 Å². The predicted molar refractivity (Wildman–Crippen MR) is 81.2 cm³/mol. The number of anilines is 1. The first-order valence-electron chi connectivity index (χ1n) is 6.55. The number of imidazole rings is 1. The minimum Gasteiger partial charge on any atom is -0.325 e. The van der Waals surface area contributed by atoms with Gasteiger partial charge in [0, 0.05) is 23.5 Å². The van der Waals surface area contributed by atoms with Gasteiger partial charge in [0.05, 0.1) is 12.1 Å². The van der Waals surface area contributed by atoms with Crippen LogP contribution in [0.5, 0.6) is 0 Å². The fourth-order valence-corrected chi connectivity index (χ4v) is 2.89. The molecular formula is C15H15N3OS. The molecule has 3 aromatic rings. The van der Waals surface area contributed by atoms with Crippen molar-refractivity contribution in [3.63, 3.8) is 0 Å². The van der Waals surface area contributed by atoms with Gasteiger partial charge in [-0.1, -0.05) is 25.1 Å². The Kier molecular flexibility index (Phi) is 3.52. The second-order valence-electron chi connectivity index (χ2n) is 4.56. The average Bonchev–Trinajstić information content (AvgIpc) is 3.00. The molecule has 4 nitrogen and oxygen atoms in total. The lowest BCUT2D eigenvalue weighted by Crippen LogP contribution is -2.15. The third-order valence-corrected chi connectivity index (χ3v) is 3.93. The van der Waals surface area contributed by atoms with Gasteiger partial charge in [0.1, 0.15) is 0 Å². The number of hydrogen-bond donors (Lipinski definition) is 1. The molecule has 5 heteroatoms. The number of nitrogens with one attached hydrogen (secondary N) is 1. The molecule has 1 amide bonds. The molecule has 3 rings (SSSR count). The van der Waals surface area contributed by atoms with Gasteiger partial charge < -0.3 is 5.32 Å². The zero-order valence-electron chi connectivity index (χ0n) is 11.2. The van der Waals surface area contributed by atoms with Crippen LogP contribution in [-0.2, 0) is 17.6 Å². The third kappa shape index (κ3) is 2.58. The highest BCUT2D eigenvalue weighted by Gasteiger charge is 2.10. The second-order valence-corrected chi connectivity index (χ2v) is 5.43. The third-order valence-electron chi connectivity index (χ3n) is 3.16. The molecule has 0 spiro atoms. The van der Waals surface area contributed by atoms with Crippen molar-refractivity contribution in [3.8, 4) is 0 Å². The Morgan fingerprint density at radius 2 is 2.25 bits per heavy atom. The summed E-state index contributed by atoms with van der Waals surface area (Å²) in [5.41, 5.74) is 2.83. The van der Waals surface area contributed by atoms with Gasteiger partial charge >= 0.3 is 0 Å². The number of hydrogen-bond acceptors (Lipinski definition) is 3. The summed E-state index contributed by atoms with van der Waals surface area (Å²) in [6.45, 7) is 2.08.